The molecule has 0 amide bonds. The van der Waals surface area contributed by atoms with Crippen molar-refractivity contribution < 1.29 is 0 Å². The van der Waals surface area contributed by atoms with Gasteiger partial charge in [0.2, 0.25) is 0 Å². The molecule has 0 fully saturated rings. The molecule has 1 aromatic carbocycles. The number of anilines is 1. The Morgan fingerprint density at radius 3 is 2.45 bits per heavy atom. The van der Waals surface area contributed by atoms with Crippen LogP contribution in [0.5, 0.6) is 0 Å². The van der Waals surface area contributed by atoms with Crippen molar-refractivity contribution >= 4 is 5.69 Å². The fraction of sp³-hybridized carbons (Fsp3) is 0.438. The Morgan fingerprint density at radius 2 is 1.95 bits per heavy atom. The van der Waals surface area contributed by atoms with E-state index in [1.165, 1.54) is 16.8 Å². The Hall–Kier alpha value is -1.81. The monoisotopic (exact) mass is 272 g/mol. The first kappa shape index (κ1) is 14.6. The van der Waals surface area contributed by atoms with Crippen molar-refractivity contribution in [1.82, 2.24) is 9.78 Å². The van der Waals surface area contributed by atoms with Gasteiger partial charge in [-0.3, -0.25) is 4.68 Å². The zero-order valence-electron chi connectivity index (χ0n) is 12.6. The number of hydrogen-bond acceptors (Lipinski definition) is 3. The average Bonchev–Trinajstić information content (AvgIpc) is 2.94. The second-order valence-electron chi connectivity index (χ2n) is 5.00. The second kappa shape index (κ2) is 6.57. The van der Waals surface area contributed by atoms with Crippen molar-refractivity contribution in [3.63, 3.8) is 0 Å². The molecule has 0 saturated carbocycles. The summed E-state index contributed by atoms with van der Waals surface area (Å²) in [6.45, 7) is 8.73. The third kappa shape index (κ3) is 3.02. The molecule has 0 aliphatic carbocycles. The van der Waals surface area contributed by atoms with E-state index in [1.54, 1.807) is 0 Å². The molecule has 108 valence electrons. The molecule has 1 unspecified atom stereocenters. The first-order valence-electron chi connectivity index (χ1n) is 7.25. The predicted molar refractivity (Wildman–Crippen MR) is 83.9 cm³/mol. The number of nitrogens with two attached hydrogens (primary N) is 1. The van der Waals surface area contributed by atoms with Crippen LogP contribution in [0.4, 0.5) is 5.69 Å². The van der Waals surface area contributed by atoms with E-state index >= 15 is 0 Å². The van der Waals surface area contributed by atoms with E-state index in [2.05, 4.69) is 61.2 Å². The molecule has 0 spiro atoms. The highest BCUT2D eigenvalue weighted by atomic mass is 15.3. The highest BCUT2D eigenvalue weighted by Crippen LogP contribution is 2.26. The molecule has 2 N–H and O–H groups in total. The molecule has 0 saturated heterocycles. The van der Waals surface area contributed by atoms with E-state index in [-0.39, 0.29) is 6.04 Å². The second-order valence-corrected chi connectivity index (χ2v) is 5.00. The van der Waals surface area contributed by atoms with Crippen LogP contribution in [0.2, 0.25) is 0 Å². The van der Waals surface area contributed by atoms with E-state index < -0.39 is 0 Å². The average molecular weight is 272 g/mol. The van der Waals surface area contributed by atoms with E-state index in [0.717, 1.165) is 13.1 Å². The van der Waals surface area contributed by atoms with Gasteiger partial charge in [-0.15, -0.1) is 0 Å². The summed E-state index contributed by atoms with van der Waals surface area (Å²) in [7, 11) is 0. The third-order valence-electron chi connectivity index (χ3n) is 3.67. The normalized spacial score (nSPS) is 12.4. The first-order chi connectivity index (χ1) is 9.69. The summed E-state index contributed by atoms with van der Waals surface area (Å²) < 4.78 is 1.95. The molecule has 0 bridgehead atoms. The fourth-order valence-corrected chi connectivity index (χ4v) is 2.49. The summed E-state index contributed by atoms with van der Waals surface area (Å²) in [5, 5.41) is 4.36. The number of benzene rings is 1. The number of rotatable bonds is 6. The molecular formula is C16H24N4. The van der Waals surface area contributed by atoms with Crippen LogP contribution in [0, 0.1) is 6.92 Å². The minimum atomic E-state index is 0.169. The molecule has 4 heteroatoms. The van der Waals surface area contributed by atoms with E-state index in [4.69, 9.17) is 5.73 Å². The summed E-state index contributed by atoms with van der Waals surface area (Å²) >= 11 is 0. The van der Waals surface area contributed by atoms with Gasteiger partial charge in [-0.05, 0) is 32.9 Å². The quantitative estimate of drug-likeness (QED) is 0.879. The molecule has 0 aliphatic heterocycles. The van der Waals surface area contributed by atoms with Crippen LogP contribution in [0.25, 0.3) is 0 Å². The molecule has 1 aromatic heterocycles. The van der Waals surface area contributed by atoms with Crippen LogP contribution in [0.3, 0.4) is 0 Å². The standard InChI is InChI=1S/C16H24N4/c1-4-19-12-14(11-18-19)16(10-17)20(5-2)15-8-6-13(3)7-9-15/h6-9,11-12,16H,4-5,10,17H2,1-3H3. The first-order valence-corrected chi connectivity index (χ1v) is 7.25. The molecule has 0 radical (unpaired) electrons. The van der Waals surface area contributed by atoms with Gasteiger partial charge in [0.25, 0.3) is 0 Å². The zero-order chi connectivity index (χ0) is 14.5. The van der Waals surface area contributed by atoms with Gasteiger partial charge in [0.05, 0.1) is 12.2 Å². The number of nitrogens with zero attached hydrogens (tertiary/aromatic N) is 3. The van der Waals surface area contributed by atoms with Gasteiger partial charge in [0, 0.05) is 37.1 Å². The zero-order valence-corrected chi connectivity index (χ0v) is 12.6. The lowest BCUT2D eigenvalue weighted by molar-refractivity contribution is 0.635. The van der Waals surface area contributed by atoms with Crippen LogP contribution in [0.15, 0.2) is 36.7 Å². The van der Waals surface area contributed by atoms with E-state index in [9.17, 15) is 0 Å². The minimum Gasteiger partial charge on any atom is -0.363 e. The van der Waals surface area contributed by atoms with Crippen molar-refractivity contribution in [3.05, 3.63) is 47.8 Å². The van der Waals surface area contributed by atoms with Gasteiger partial charge in [0.15, 0.2) is 0 Å². The third-order valence-corrected chi connectivity index (χ3v) is 3.67. The van der Waals surface area contributed by atoms with Crippen molar-refractivity contribution in [1.29, 1.82) is 0 Å². The van der Waals surface area contributed by atoms with Crippen LogP contribution < -0.4 is 10.6 Å². The molecular weight excluding hydrogens is 248 g/mol. The van der Waals surface area contributed by atoms with Crippen LogP contribution in [0.1, 0.15) is 31.0 Å². The maximum atomic E-state index is 6.02. The number of likely N-dealkylation sites (N-methyl/N-ethyl adjacent to an activating group) is 1. The number of hydrogen-bond donors (Lipinski definition) is 1. The molecule has 1 atom stereocenters. The maximum Gasteiger partial charge on any atom is 0.0695 e. The smallest absolute Gasteiger partial charge is 0.0695 e. The lowest BCUT2D eigenvalue weighted by atomic mass is 10.1. The summed E-state index contributed by atoms with van der Waals surface area (Å²) in [6, 6.07) is 8.77. The molecule has 1 heterocycles. The van der Waals surface area contributed by atoms with Crippen molar-refractivity contribution in [2.75, 3.05) is 18.0 Å². The summed E-state index contributed by atoms with van der Waals surface area (Å²) in [5.41, 5.74) is 9.68. The molecule has 2 rings (SSSR count). The van der Waals surface area contributed by atoms with Gasteiger partial charge in [-0.2, -0.15) is 5.10 Å². The Kier molecular flexibility index (Phi) is 4.79. The predicted octanol–water partition coefficient (Wildman–Crippen LogP) is 2.74. The SMILES string of the molecule is CCN(c1ccc(C)cc1)C(CN)c1cnn(CC)c1. The Labute approximate surface area is 121 Å². The summed E-state index contributed by atoms with van der Waals surface area (Å²) in [4.78, 5) is 2.33. The molecule has 4 nitrogen and oxygen atoms in total. The summed E-state index contributed by atoms with van der Waals surface area (Å²) in [5.74, 6) is 0. The van der Waals surface area contributed by atoms with Crippen LogP contribution in [-0.2, 0) is 6.54 Å². The van der Waals surface area contributed by atoms with Gasteiger partial charge in [0.1, 0.15) is 0 Å². The maximum absolute atomic E-state index is 6.02. The van der Waals surface area contributed by atoms with Gasteiger partial charge in [-0.1, -0.05) is 17.7 Å². The lowest BCUT2D eigenvalue weighted by Crippen LogP contribution is -2.33. The van der Waals surface area contributed by atoms with E-state index in [1.807, 2.05) is 10.9 Å². The fourth-order valence-electron chi connectivity index (χ4n) is 2.49. The summed E-state index contributed by atoms with van der Waals surface area (Å²) in [6.07, 6.45) is 4.02. The Balaban J connectivity index is 2.29. The lowest BCUT2D eigenvalue weighted by Gasteiger charge is -2.31. The molecule has 2 aromatic rings. The highest BCUT2D eigenvalue weighted by Gasteiger charge is 2.19. The van der Waals surface area contributed by atoms with Crippen molar-refractivity contribution in [2.45, 2.75) is 33.4 Å². The van der Waals surface area contributed by atoms with Crippen LogP contribution in [-0.4, -0.2) is 22.9 Å². The Morgan fingerprint density at radius 1 is 1.25 bits per heavy atom. The van der Waals surface area contributed by atoms with Gasteiger partial charge < -0.3 is 10.6 Å². The van der Waals surface area contributed by atoms with Gasteiger partial charge >= 0.3 is 0 Å². The topological polar surface area (TPSA) is 47.1 Å². The number of aromatic nitrogens is 2. The highest BCUT2D eigenvalue weighted by molar-refractivity contribution is 5.49. The van der Waals surface area contributed by atoms with Gasteiger partial charge in [-0.25, -0.2) is 0 Å². The number of aryl methyl sites for hydroxylation is 2. The van der Waals surface area contributed by atoms with E-state index in [0.29, 0.717) is 6.54 Å². The van der Waals surface area contributed by atoms with Crippen molar-refractivity contribution in [3.8, 4) is 0 Å². The molecule has 20 heavy (non-hydrogen) atoms. The minimum absolute atomic E-state index is 0.169. The largest absolute Gasteiger partial charge is 0.363 e. The van der Waals surface area contributed by atoms with Crippen molar-refractivity contribution in [2.24, 2.45) is 5.73 Å². The van der Waals surface area contributed by atoms with Crippen LogP contribution >= 0.6 is 0 Å². The molecule has 0 aliphatic rings. The Bertz CT molecular complexity index is 530.